The Kier molecular flexibility index (Phi) is 4.67. The van der Waals surface area contributed by atoms with Gasteiger partial charge in [0.2, 0.25) is 5.95 Å². The van der Waals surface area contributed by atoms with Crippen molar-refractivity contribution in [3.63, 3.8) is 0 Å². The van der Waals surface area contributed by atoms with E-state index in [2.05, 4.69) is 21.7 Å². The van der Waals surface area contributed by atoms with Crippen molar-refractivity contribution in [3.8, 4) is 0 Å². The molecule has 0 saturated heterocycles. The molecule has 17 heavy (non-hydrogen) atoms. The van der Waals surface area contributed by atoms with Gasteiger partial charge in [0.15, 0.2) is 5.65 Å². The Morgan fingerprint density at radius 3 is 3.06 bits per heavy atom. The van der Waals surface area contributed by atoms with Crippen LogP contribution < -0.4 is 5.32 Å². The van der Waals surface area contributed by atoms with Gasteiger partial charge in [-0.25, -0.2) is 4.52 Å². The molecule has 2 aromatic heterocycles. The van der Waals surface area contributed by atoms with E-state index in [4.69, 9.17) is 0 Å². The lowest BCUT2D eigenvalue weighted by Gasteiger charge is -2.00. The molecular formula is C12H18N4S. The van der Waals surface area contributed by atoms with Gasteiger partial charge in [-0.3, -0.25) is 0 Å². The first kappa shape index (κ1) is 12.2. The van der Waals surface area contributed by atoms with Crippen LogP contribution in [0.15, 0.2) is 24.4 Å². The minimum Gasteiger partial charge on any atom is -0.353 e. The molecule has 0 radical (unpaired) electrons. The summed E-state index contributed by atoms with van der Waals surface area (Å²) in [4.78, 5) is 4.38. The van der Waals surface area contributed by atoms with Gasteiger partial charge < -0.3 is 5.32 Å². The lowest BCUT2D eigenvalue weighted by atomic mass is 10.2. The van der Waals surface area contributed by atoms with Gasteiger partial charge in [0.25, 0.3) is 0 Å². The van der Waals surface area contributed by atoms with E-state index >= 15 is 0 Å². The highest BCUT2D eigenvalue weighted by atomic mass is 32.2. The average molecular weight is 250 g/mol. The number of thioether (sulfide) groups is 1. The molecule has 0 saturated carbocycles. The second-order valence-corrected chi connectivity index (χ2v) is 4.90. The Morgan fingerprint density at radius 2 is 2.24 bits per heavy atom. The van der Waals surface area contributed by atoms with Crippen LogP contribution in [0.5, 0.6) is 0 Å². The Morgan fingerprint density at radius 1 is 1.29 bits per heavy atom. The summed E-state index contributed by atoms with van der Waals surface area (Å²) in [6.45, 7) is 0.950. The predicted octanol–water partition coefficient (Wildman–Crippen LogP) is 2.67. The summed E-state index contributed by atoms with van der Waals surface area (Å²) in [6.07, 6.45) is 7.80. The van der Waals surface area contributed by atoms with Crippen molar-refractivity contribution in [1.29, 1.82) is 0 Å². The maximum atomic E-state index is 4.38. The van der Waals surface area contributed by atoms with Crippen molar-refractivity contribution in [2.45, 2.75) is 19.3 Å². The molecule has 1 N–H and O–H groups in total. The van der Waals surface area contributed by atoms with Gasteiger partial charge in [-0.15, -0.1) is 5.10 Å². The van der Waals surface area contributed by atoms with E-state index in [0.29, 0.717) is 0 Å². The summed E-state index contributed by atoms with van der Waals surface area (Å²) in [7, 11) is 0. The van der Waals surface area contributed by atoms with E-state index in [-0.39, 0.29) is 0 Å². The van der Waals surface area contributed by atoms with E-state index in [9.17, 15) is 0 Å². The minimum absolute atomic E-state index is 0.723. The number of pyridine rings is 1. The molecule has 0 amide bonds. The molecule has 0 aromatic carbocycles. The Bertz CT molecular complexity index is 421. The van der Waals surface area contributed by atoms with E-state index in [1.165, 1.54) is 25.0 Å². The molecule has 0 spiro atoms. The van der Waals surface area contributed by atoms with E-state index in [1.54, 1.807) is 4.52 Å². The fourth-order valence-electron chi connectivity index (χ4n) is 1.65. The van der Waals surface area contributed by atoms with E-state index < -0.39 is 0 Å². The maximum Gasteiger partial charge on any atom is 0.243 e. The molecule has 0 unspecified atom stereocenters. The van der Waals surface area contributed by atoms with Crippen LogP contribution in [0.3, 0.4) is 0 Å². The van der Waals surface area contributed by atoms with E-state index in [0.717, 1.165) is 18.1 Å². The summed E-state index contributed by atoms with van der Waals surface area (Å²) >= 11 is 1.91. The molecule has 92 valence electrons. The molecule has 4 nitrogen and oxygen atoms in total. The van der Waals surface area contributed by atoms with Gasteiger partial charge >= 0.3 is 0 Å². The Hall–Kier alpha value is -1.23. The molecule has 0 aliphatic heterocycles. The number of fused-ring (bicyclic) bond motifs is 1. The van der Waals surface area contributed by atoms with Crippen LogP contribution in [0, 0.1) is 0 Å². The zero-order chi connectivity index (χ0) is 11.9. The largest absolute Gasteiger partial charge is 0.353 e. The fraction of sp³-hybridized carbons (Fsp3) is 0.500. The zero-order valence-electron chi connectivity index (χ0n) is 10.1. The highest BCUT2D eigenvalue weighted by Crippen LogP contribution is 2.06. The van der Waals surface area contributed by atoms with Crippen LogP contribution in [0.2, 0.25) is 0 Å². The topological polar surface area (TPSA) is 42.2 Å². The second kappa shape index (κ2) is 6.49. The van der Waals surface area contributed by atoms with Gasteiger partial charge in [0.1, 0.15) is 0 Å². The lowest BCUT2D eigenvalue weighted by Crippen LogP contribution is -2.03. The fourth-order valence-corrected chi connectivity index (χ4v) is 2.15. The highest BCUT2D eigenvalue weighted by molar-refractivity contribution is 7.98. The van der Waals surface area contributed by atoms with Crippen LogP contribution >= 0.6 is 11.8 Å². The number of hydrogen-bond acceptors (Lipinski definition) is 4. The first-order valence-electron chi connectivity index (χ1n) is 5.94. The van der Waals surface area contributed by atoms with Crippen LogP contribution in [-0.4, -0.2) is 33.2 Å². The van der Waals surface area contributed by atoms with Gasteiger partial charge in [-0.05, 0) is 37.0 Å². The molecule has 0 aliphatic carbocycles. The Labute approximate surface area is 106 Å². The van der Waals surface area contributed by atoms with Crippen LogP contribution in [0.4, 0.5) is 5.95 Å². The summed E-state index contributed by atoms with van der Waals surface area (Å²) in [5, 5.41) is 7.60. The summed E-state index contributed by atoms with van der Waals surface area (Å²) in [5.74, 6) is 1.98. The summed E-state index contributed by atoms with van der Waals surface area (Å²) in [6, 6.07) is 5.88. The summed E-state index contributed by atoms with van der Waals surface area (Å²) < 4.78 is 1.79. The molecule has 2 heterocycles. The van der Waals surface area contributed by atoms with Crippen molar-refractivity contribution in [2.24, 2.45) is 0 Å². The molecular weight excluding hydrogens is 232 g/mol. The number of rotatable bonds is 7. The normalized spacial score (nSPS) is 10.9. The number of nitrogens with one attached hydrogen (secondary N) is 1. The van der Waals surface area contributed by atoms with Crippen molar-refractivity contribution in [2.75, 3.05) is 23.9 Å². The van der Waals surface area contributed by atoms with Gasteiger partial charge in [-0.1, -0.05) is 12.5 Å². The third-order valence-corrected chi connectivity index (χ3v) is 3.25. The van der Waals surface area contributed by atoms with Crippen LogP contribution in [0.1, 0.15) is 19.3 Å². The molecule has 0 aliphatic rings. The van der Waals surface area contributed by atoms with Gasteiger partial charge in [-0.2, -0.15) is 16.7 Å². The molecule has 0 bridgehead atoms. The smallest absolute Gasteiger partial charge is 0.243 e. The van der Waals surface area contributed by atoms with Crippen molar-refractivity contribution < 1.29 is 0 Å². The third kappa shape index (κ3) is 3.63. The molecule has 2 rings (SSSR count). The Balaban J connectivity index is 1.75. The highest BCUT2D eigenvalue weighted by Gasteiger charge is 2.00. The number of hydrogen-bond donors (Lipinski definition) is 1. The zero-order valence-corrected chi connectivity index (χ0v) is 10.9. The van der Waals surface area contributed by atoms with Gasteiger partial charge in [0.05, 0.1) is 0 Å². The second-order valence-electron chi connectivity index (χ2n) is 3.92. The number of unbranched alkanes of at least 4 members (excludes halogenated alkanes) is 2. The van der Waals surface area contributed by atoms with Crippen LogP contribution in [0.25, 0.3) is 5.65 Å². The maximum absolute atomic E-state index is 4.38. The number of aromatic nitrogens is 3. The average Bonchev–Trinajstić information content (AvgIpc) is 2.76. The molecule has 5 heteroatoms. The lowest BCUT2D eigenvalue weighted by molar-refractivity contribution is 0.746. The van der Waals surface area contributed by atoms with Crippen molar-refractivity contribution in [1.82, 2.24) is 14.6 Å². The SMILES string of the molecule is CSCCCCCNc1nc2ccccn2n1. The predicted molar refractivity (Wildman–Crippen MR) is 73.7 cm³/mol. The minimum atomic E-state index is 0.723. The van der Waals surface area contributed by atoms with Crippen molar-refractivity contribution >= 4 is 23.4 Å². The first-order valence-corrected chi connectivity index (χ1v) is 7.34. The van der Waals surface area contributed by atoms with Gasteiger partial charge in [0, 0.05) is 12.7 Å². The summed E-state index contributed by atoms with van der Waals surface area (Å²) in [5.41, 5.74) is 0.886. The first-order chi connectivity index (χ1) is 8.40. The third-order valence-electron chi connectivity index (χ3n) is 2.55. The van der Waals surface area contributed by atoms with Crippen molar-refractivity contribution in [3.05, 3.63) is 24.4 Å². The molecule has 0 atom stereocenters. The van der Waals surface area contributed by atoms with Crippen LogP contribution in [-0.2, 0) is 0 Å². The molecule has 0 fully saturated rings. The number of anilines is 1. The standard InChI is InChI=1S/C12H18N4S/c1-17-10-6-2-4-8-13-12-14-11-7-3-5-9-16(11)15-12/h3,5,7,9H,2,4,6,8,10H2,1H3,(H,13,15). The van der Waals surface area contributed by atoms with E-state index in [1.807, 2.05) is 36.2 Å². The quantitative estimate of drug-likeness (QED) is 0.767. The number of nitrogens with zero attached hydrogens (tertiary/aromatic N) is 3. The monoisotopic (exact) mass is 250 g/mol. The molecule has 2 aromatic rings.